The number of carbonyl (C=O) groups excluding carboxylic acids is 1. The first-order valence-electron chi connectivity index (χ1n) is 2.86. The molecule has 1 aromatic heterocycles. The van der Waals surface area contributed by atoms with Gasteiger partial charge in [0.15, 0.2) is 0 Å². The minimum atomic E-state index is -0.726. The minimum Gasteiger partial charge on any atom is -0.351 e. The van der Waals surface area contributed by atoms with E-state index in [-0.39, 0.29) is 0 Å². The molecule has 58 valence electrons. The quantitative estimate of drug-likeness (QED) is 0.586. The molecule has 0 radical (unpaired) electrons. The average Bonchev–Trinajstić information content (AvgIpc) is 1.85. The van der Waals surface area contributed by atoms with Crippen LogP contribution < -0.4 is 11.1 Å². The van der Waals surface area contributed by atoms with E-state index in [1.54, 1.807) is 0 Å². The Hall–Kier alpha value is -1.65. The molecule has 4 nitrogen and oxygen atoms in total. The van der Waals surface area contributed by atoms with Crippen molar-refractivity contribution in [3.8, 4) is 0 Å². The van der Waals surface area contributed by atoms with Crippen molar-refractivity contribution in [1.82, 2.24) is 4.98 Å². The summed E-state index contributed by atoms with van der Waals surface area (Å²) in [6, 6.07) is 1.79. The van der Waals surface area contributed by atoms with Crippen molar-refractivity contribution >= 4 is 11.7 Å². The van der Waals surface area contributed by atoms with E-state index in [0.29, 0.717) is 5.69 Å². The lowest BCUT2D eigenvalue weighted by molar-refractivity contribution is 0.259. The van der Waals surface area contributed by atoms with Crippen LogP contribution >= 0.6 is 0 Å². The minimum absolute atomic E-state index is 0.296. The average molecular weight is 155 g/mol. The molecule has 2 amide bonds. The van der Waals surface area contributed by atoms with E-state index in [0.717, 1.165) is 6.07 Å². The number of carbonyl (C=O) groups is 1. The molecule has 0 atom stereocenters. The van der Waals surface area contributed by atoms with Crippen LogP contribution in [0.15, 0.2) is 18.3 Å². The Morgan fingerprint density at radius 1 is 1.73 bits per heavy atom. The number of nitrogens with zero attached hydrogens (tertiary/aromatic N) is 1. The largest absolute Gasteiger partial charge is 0.351 e. The molecule has 0 saturated carbocycles. The Labute approximate surface area is 62.2 Å². The van der Waals surface area contributed by atoms with Crippen LogP contribution in [-0.4, -0.2) is 11.0 Å². The number of aromatic nitrogens is 1. The summed E-state index contributed by atoms with van der Waals surface area (Å²) in [7, 11) is 0. The van der Waals surface area contributed by atoms with E-state index in [9.17, 15) is 9.18 Å². The van der Waals surface area contributed by atoms with Crippen LogP contribution in [0.3, 0.4) is 0 Å². The molecule has 0 aromatic carbocycles. The van der Waals surface area contributed by atoms with E-state index < -0.39 is 12.0 Å². The van der Waals surface area contributed by atoms with Crippen molar-refractivity contribution in [1.29, 1.82) is 0 Å². The Morgan fingerprint density at radius 2 is 2.45 bits per heavy atom. The Kier molecular flexibility index (Phi) is 2.00. The predicted molar refractivity (Wildman–Crippen MR) is 37.4 cm³/mol. The maximum atomic E-state index is 12.3. The van der Waals surface area contributed by atoms with Gasteiger partial charge in [0.2, 0.25) is 5.95 Å². The summed E-state index contributed by atoms with van der Waals surface area (Å²) in [6.45, 7) is 0. The van der Waals surface area contributed by atoms with Crippen molar-refractivity contribution < 1.29 is 9.18 Å². The molecule has 0 unspecified atom stereocenters. The number of hydrogen-bond acceptors (Lipinski definition) is 2. The van der Waals surface area contributed by atoms with Gasteiger partial charge in [-0.15, -0.1) is 0 Å². The fraction of sp³-hybridized carbons (Fsp3) is 0. The molecule has 1 aromatic rings. The maximum Gasteiger partial charge on any atom is 0.316 e. The number of pyridine rings is 1. The van der Waals surface area contributed by atoms with Crippen molar-refractivity contribution in [3.05, 3.63) is 24.3 Å². The molecule has 1 heterocycles. The van der Waals surface area contributed by atoms with Crippen LogP contribution in [0.4, 0.5) is 14.9 Å². The van der Waals surface area contributed by atoms with E-state index in [2.05, 4.69) is 10.3 Å². The van der Waals surface area contributed by atoms with Gasteiger partial charge in [0.25, 0.3) is 0 Å². The molecule has 1 rings (SSSR count). The third-order valence-corrected chi connectivity index (χ3v) is 0.994. The number of urea groups is 1. The zero-order valence-corrected chi connectivity index (χ0v) is 5.54. The van der Waals surface area contributed by atoms with Crippen LogP contribution in [0.1, 0.15) is 0 Å². The summed E-state index contributed by atoms with van der Waals surface area (Å²) < 4.78 is 12.3. The van der Waals surface area contributed by atoms with Gasteiger partial charge in [-0.05, 0) is 6.07 Å². The lowest BCUT2D eigenvalue weighted by atomic mass is 10.4. The molecule has 0 spiro atoms. The first kappa shape index (κ1) is 7.46. The molecular weight excluding hydrogens is 149 g/mol. The fourth-order valence-electron chi connectivity index (χ4n) is 0.622. The first-order chi connectivity index (χ1) is 5.18. The highest BCUT2D eigenvalue weighted by molar-refractivity contribution is 5.87. The van der Waals surface area contributed by atoms with Gasteiger partial charge in [0.05, 0.1) is 0 Å². The summed E-state index contributed by atoms with van der Waals surface area (Å²) in [4.78, 5) is 13.5. The molecule has 0 aliphatic rings. The second-order valence-electron chi connectivity index (χ2n) is 1.86. The highest BCUT2D eigenvalue weighted by Gasteiger charge is 1.96. The SMILES string of the molecule is NC(=O)Nc1ccnc(F)c1. The summed E-state index contributed by atoms with van der Waals surface area (Å²) in [6.07, 6.45) is 1.24. The van der Waals surface area contributed by atoms with Crippen LogP contribution in [-0.2, 0) is 0 Å². The van der Waals surface area contributed by atoms with Crippen molar-refractivity contribution in [2.75, 3.05) is 5.32 Å². The molecule has 0 saturated heterocycles. The monoisotopic (exact) mass is 155 g/mol. The molecule has 0 bridgehead atoms. The molecule has 0 aliphatic heterocycles. The van der Waals surface area contributed by atoms with E-state index >= 15 is 0 Å². The van der Waals surface area contributed by atoms with Gasteiger partial charge < -0.3 is 11.1 Å². The first-order valence-corrected chi connectivity index (χ1v) is 2.86. The number of halogens is 1. The fourth-order valence-corrected chi connectivity index (χ4v) is 0.622. The van der Waals surface area contributed by atoms with Crippen LogP contribution in [0.2, 0.25) is 0 Å². The zero-order chi connectivity index (χ0) is 8.27. The standard InChI is InChI=1S/C6H6FN3O/c7-5-3-4(1-2-9-5)10-6(8)11/h1-3H,(H3,8,9,10,11). The van der Waals surface area contributed by atoms with E-state index in [4.69, 9.17) is 5.73 Å². The number of rotatable bonds is 1. The van der Waals surface area contributed by atoms with Gasteiger partial charge in [0.1, 0.15) is 0 Å². The smallest absolute Gasteiger partial charge is 0.316 e. The third-order valence-electron chi connectivity index (χ3n) is 0.994. The molecule has 0 aliphatic carbocycles. The van der Waals surface area contributed by atoms with E-state index in [1.807, 2.05) is 0 Å². The maximum absolute atomic E-state index is 12.3. The highest BCUT2D eigenvalue weighted by atomic mass is 19.1. The molecule has 0 fully saturated rings. The number of anilines is 1. The summed E-state index contributed by atoms with van der Waals surface area (Å²) in [5, 5.41) is 2.20. The number of nitrogens with one attached hydrogen (secondary N) is 1. The second kappa shape index (κ2) is 2.96. The van der Waals surface area contributed by atoms with Crippen LogP contribution in [0, 0.1) is 5.95 Å². The zero-order valence-electron chi connectivity index (χ0n) is 5.54. The molecule has 3 N–H and O–H groups in total. The lowest BCUT2D eigenvalue weighted by Gasteiger charge is -1.98. The van der Waals surface area contributed by atoms with Crippen molar-refractivity contribution in [2.24, 2.45) is 5.73 Å². The summed E-state index contributed by atoms with van der Waals surface area (Å²) >= 11 is 0. The molecule has 11 heavy (non-hydrogen) atoms. The predicted octanol–water partition coefficient (Wildman–Crippen LogP) is 0.711. The van der Waals surface area contributed by atoms with Gasteiger partial charge in [-0.2, -0.15) is 4.39 Å². The van der Waals surface area contributed by atoms with Crippen LogP contribution in [0.25, 0.3) is 0 Å². The lowest BCUT2D eigenvalue weighted by Crippen LogP contribution is -2.19. The second-order valence-corrected chi connectivity index (χ2v) is 1.86. The van der Waals surface area contributed by atoms with Gasteiger partial charge in [-0.25, -0.2) is 9.78 Å². The summed E-state index contributed by atoms with van der Waals surface area (Å²) in [5.74, 6) is -0.656. The van der Waals surface area contributed by atoms with Gasteiger partial charge in [0, 0.05) is 18.0 Å². The topological polar surface area (TPSA) is 68.0 Å². The van der Waals surface area contributed by atoms with Gasteiger partial charge >= 0.3 is 6.03 Å². The number of primary amides is 1. The van der Waals surface area contributed by atoms with Crippen molar-refractivity contribution in [2.45, 2.75) is 0 Å². The van der Waals surface area contributed by atoms with Crippen molar-refractivity contribution in [3.63, 3.8) is 0 Å². The van der Waals surface area contributed by atoms with E-state index in [1.165, 1.54) is 12.3 Å². The third kappa shape index (κ3) is 2.21. The Bertz CT molecular complexity index is 276. The normalized spacial score (nSPS) is 9.18. The summed E-state index contributed by atoms with van der Waals surface area (Å²) in [5.41, 5.74) is 5.08. The number of nitrogens with two attached hydrogens (primary N) is 1. The molecule has 5 heteroatoms. The van der Waals surface area contributed by atoms with Gasteiger partial charge in [-0.3, -0.25) is 0 Å². The highest BCUT2D eigenvalue weighted by Crippen LogP contribution is 2.05. The Balaban J connectivity index is 2.79. The Morgan fingerprint density at radius 3 is 3.00 bits per heavy atom. The van der Waals surface area contributed by atoms with Crippen LogP contribution in [0.5, 0.6) is 0 Å². The van der Waals surface area contributed by atoms with Gasteiger partial charge in [-0.1, -0.05) is 0 Å². The number of amides is 2. The number of hydrogen-bond donors (Lipinski definition) is 2. The molecular formula is C6H6FN3O.